The first kappa shape index (κ1) is 17.5. The number of carbonyl (C=O) groups excluding carboxylic acids is 3. The predicted octanol–water partition coefficient (Wildman–Crippen LogP) is 1.11. The number of rotatable bonds is 5. The van der Waals surface area contributed by atoms with E-state index in [1.165, 1.54) is 26.8 Å². The molecule has 2 N–H and O–H groups in total. The Balaban J connectivity index is 1.69. The molecule has 1 aliphatic rings. The quantitative estimate of drug-likeness (QED) is 0.606. The molecular formula is C17H17N3O6. The molecule has 2 aromatic rings. The van der Waals surface area contributed by atoms with Gasteiger partial charge in [-0.1, -0.05) is 0 Å². The molecule has 9 heteroatoms. The van der Waals surface area contributed by atoms with E-state index in [2.05, 4.69) is 20.4 Å². The van der Waals surface area contributed by atoms with Crippen molar-refractivity contribution >= 4 is 23.5 Å². The number of hydrogen-bond donors (Lipinski definition) is 2. The van der Waals surface area contributed by atoms with Gasteiger partial charge in [-0.25, -0.2) is 9.78 Å². The number of anilines is 1. The molecule has 1 aliphatic carbocycles. The zero-order valence-corrected chi connectivity index (χ0v) is 14.2. The predicted molar refractivity (Wildman–Crippen MR) is 89.2 cm³/mol. The van der Waals surface area contributed by atoms with E-state index in [0.717, 1.165) is 0 Å². The SMILES string of the molecule is COC(=O)C1(NC(=O)C(=O)Nc2ccc(-c3cnco3)c(OC)c2)CC1. The Labute approximate surface area is 148 Å². The van der Waals surface area contributed by atoms with Gasteiger partial charge >= 0.3 is 17.8 Å². The Morgan fingerprint density at radius 3 is 2.54 bits per heavy atom. The number of oxazole rings is 1. The number of benzene rings is 1. The average molecular weight is 359 g/mol. The molecule has 0 saturated heterocycles. The molecule has 3 rings (SSSR count). The highest BCUT2D eigenvalue weighted by molar-refractivity contribution is 6.40. The Hall–Kier alpha value is -3.36. The maximum atomic E-state index is 12.1. The monoisotopic (exact) mass is 359 g/mol. The van der Waals surface area contributed by atoms with E-state index in [1.807, 2.05) is 0 Å². The second-order valence-corrected chi connectivity index (χ2v) is 5.76. The van der Waals surface area contributed by atoms with Crippen LogP contribution in [0.15, 0.2) is 35.2 Å². The van der Waals surface area contributed by atoms with Crippen LogP contribution in [0.5, 0.6) is 5.75 Å². The summed E-state index contributed by atoms with van der Waals surface area (Å²) in [5, 5.41) is 4.89. The van der Waals surface area contributed by atoms with E-state index in [-0.39, 0.29) is 0 Å². The summed E-state index contributed by atoms with van der Waals surface area (Å²) in [5.74, 6) is -1.42. The minimum atomic E-state index is -1.09. The van der Waals surface area contributed by atoms with Crippen LogP contribution in [0.2, 0.25) is 0 Å². The zero-order valence-electron chi connectivity index (χ0n) is 14.2. The summed E-state index contributed by atoms with van der Waals surface area (Å²) >= 11 is 0. The molecule has 1 aromatic carbocycles. The third kappa shape index (κ3) is 3.37. The second-order valence-electron chi connectivity index (χ2n) is 5.76. The summed E-state index contributed by atoms with van der Waals surface area (Å²) in [6, 6.07) is 4.82. The summed E-state index contributed by atoms with van der Waals surface area (Å²) in [6.45, 7) is 0. The third-order valence-corrected chi connectivity index (χ3v) is 4.04. The van der Waals surface area contributed by atoms with E-state index in [1.54, 1.807) is 18.2 Å². The van der Waals surface area contributed by atoms with E-state index in [9.17, 15) is 14.4 Å². The van der Waals surface area contributed by atoms with Crippen molar-refractivity contribution in [3.05, 3.63) is 30.8 Å². The molecule has 9 nitrogen and oxygen atoms in total. The molecule has 1 saturated carbocycles. The summed E-state index contributed by atoms with van der Waals surface area (Å²) in [5.41, 5.74) is -0.0833. The third-order valence-electron chi connectivity index (χ3n) is 4.04. The minimum Gasteiger partial charge on any atom is -0.496 e. The van der Waals surface area contributed by atoms with Crippen LogP contribution in [-0.4, -0.2) is 42.5 Å². The molecule has 2 amide bonds. The van der Waals surface area contributed by atoms with E-state index in [0.29, 0.717) is 35.6 Å². The van der Waals surface area contributed by atoms with Crippen LogP contribution < -0.4 is 15.4 Å². The fraction of sp³-hybridized carbons (Fsp3) is 0.294. The number of nitrogens with one attached hydrogen (secondary N) is 2. The van der Waals surface area contributed by atoms with Crippen LogP contribution in [0.3, 0.4) is 0 Å². The Morgan fingerprint density at radius 2 is 1.96 bits per heavy atom. The lowest BCUT2D eigenvalue weighted by molar-refractivity contribution is -0.147. The Bertz CT molecular complexity index is 842. The molecule has 26 heavy (non-hydrogen) atoms. The molecule has 0 radical (unpaired) electrons. The van der Waals surface area contributed by atoms with E-state index in [4.69, 9.17) is 9.15 Å². The van der Waals surface area contributed by atoms with Gasteiger partial charge in [-0.2, -0.15) is 0 Å². The first-order valence-electron chi connectivity index (χ1n) is 7.78. The lowest BCUT2D eigenvalue weighted by atomic mass is 10.1. The van der Waals surface area contributed by atoms with Crippen molar-refractivity contribution in [2.75, 3.05) is 19.5 Å². The lowest BCUT2D eigenvalue weighted by Crippen LogP contribution is -2.48. The number of carbonyl (C=O) groups is 3. The van der Waals surface area contributed by atoms with Gasteiger partial charge in [0.1, 0.15) is 11.3 Å². The summed E-state index contributed by atoms with van der Waals surface area (Å²) in [4.78, 5) is 39.6. The van der Waals surface area contributed by atoms with Crippen molar-refractivity contribution in [1.82, 2.24) is 10.3 Å². The minimum absolute atomic E-state index is 0.355. The van der Waals surface area contributed by atoms with Crippen molar-refractivity contribution < 1.29 is 28.3 Å². The number of methoxy groups -OCH3 is 2. The maximum absolute atomic E-state index is 12.1. The molecule has 1 fully saturated rings. The molecule has 0 spiro atoms. The van der Waals surface area contributed by atoms with E-state index < -0.39 is 23.3 Å². The fourth-order valence-electron chi connectivity index (χ4n) is 2.48. The van der Waals surface area contributed by atoms with Gasteiger partial charge in [0.25, 0.3) is 0 Å². The number of aromatic nitrogens is 1. The molecule has 0 bridgehead atoms. The summed E-state index contributed by atoms with van der Waals surface area (Å²) < 4.78 is 15.2. The van der Waals surface area contributed by atoms with Crippen LogP contribution in [0, 0.1) is 0 Å². The smallest absolute Gasteiger partial charge is 0.331 e. The van der Waals surface area contributed by atoms with E-state index >= 15 is 0 Å². The van der Waals surface area contributed by atoms with Gasteiger partial charge in [0, 0.05) is 11.8 Å². The van der Waals surface area contributed by atoms with Gasteiger partial charge in [-0.3, -0.25) is 9.59 Å². The highest BCUT2D eigenvalue weighted by Gasteiger charge is 2.53. The number of esters is 1. The maximum Gasteiger partial charge on any atom is 0.331 e. The van der Waals surface area contributed by atoms with Crippen LogP contribution in [0.4, 0.5) is 5.69 Å². The number of hydrogen-bond acceptors (Lipinski definition) is 7. The largest absolute Gasteiger partial charge is 0.496 e. The topological polar surface area (TPSA) is 120 Å². The molecule has 1 heterocycles. The van der Waals surface area contributed by atoms with Gasteiger partial charge in [0.05, 0.1) is 26.0 Å². The van der Waals surface area contributed by atoms with Gasteiger partial charge in [0.15, 0.2) is 12.2 Å². The van der Waals surface area contributed by atoms with Crippen molar-refractivity contribution in [3.8, 4) is 17.1 Å². The first-order valence-corrected chi connectivity index (χ1v) is 7.78. The molecule has 136 valence electrons. The fourth-order valence-corrected chi connectivity index (χ4v) is 2.48. The van der Waals surface area contributed by atoms with Crippen LogP contribution in [0.1, 0.15) is 12.8 Å². The Morgan fingerprint density at radius 1 is 1.19 bits per heavy atom. The zero-order chi connectivity index (χ0) is 18.7. The van der Waals surface area contributed by atoms with Crippen LogP contribution in [0.25, 0.3) is 11.3 Å². The standard InChI is InChI=1S/C17H17N3O6/c1-24-12-7-10(3-4-11(12)13-8-18-9-26-13)19-14(21)15(22)20-17(5-6-17)16(23)25-2/h3-4,7-9H,5-6H2,1-2H3,(H,19,21)(H,20,22). The molecular weight excluding hydrogens is 342 g/mol. The summed E-state index contributed by atoms with van der Waals surface area (Å²) in [6.07, 6.45) is 3.71. The highest BCUT2D eigenvalue weighted by Crippen LogP contribution is 2.36. The molecule has 0 atom stereocenters. The number of amides is 2. The molecule has 1 aromatic heterocycles. The summed E-state index contributed by atoms with van der Waals surface area (Å²) in [7, 11) is 2.71. The number of ether oxygens (including phenoxy) is 2. The van der Waals surface area contributed by atoms with Gasteiger partial charge in [-0.05, 0) is 25.0 Å². The first-order chi connectivity index (χ1) is 12.5. The van der Waals surface area contributed by atoms with Gasteiger partial charge in [-0.15, -0.1) is 0 Å². The van der Waals surface area contributed by atoms with Crippen LogP contribution >= 0.6 is 0 Å². The van der Waals surface area contributed by atoms with Crippen molar-refractivity contribution in [2.24, 2.45) is 0 Å². The van der Waals surface area contributed by atoms with Crippen molar-refractivity contribution in [1.29, 1.82) is 0 Å². The van der Waals surface area contributed by atoms with Crippen molar-refractivity contribution in [3.63, 3.8) is 0 Å². The molecule has 0 unspecified atom stereocenters. The van der Waals surface area contributed by atoms with Gasteiger partial charge in [0.2, 0.25) is 0 Å². The second kappa shape index (κ2) is 6.87. The number of nitrogens with zero attached hydrogens (tertiary/aromatic N) is 1. The highest BCUT2D eigenvalue weighted by atomic mass is 16.5. The van der Waals surface area contributed by atoms with Crippen LogP contribution in [-0.2, 0) is 19.1 Å². The normalized spacial score (nSPS) is 14.2. The average Bonchev–Trinajstić information content (AvgIpc) is 3.22. The molecule has 0 aliphatic heterocycles. The van der Waals surface area contributed by atoms with Gasteiger partial charge < -0.3 is 24.5 Å². The van der Waals surface area contributed by atoms with Crippen molar-refractivity contribution in [2.45, 2.75) is 18.4 Å². The Kier molecular flexibility index (Phi) is 4.61. The lowest BCUT2D eigenvalue weighted by Gasteiger charge is -2.15.